The van der Waals surface area contributed by atoms with Crippen molar-refractivity contribution in [2.24, 2.45) is 5.73 Å². The van der Waals surface area contributed by atoms with E-state index < -0.39 is 11.9 Å². The predicted molar refractivity (Wildman–Crippen MR) is 81.6 cm³/mol. The Morgan fingerprint density at radius 2 is 2.00 bits per heavy atom. The van der Waals surface area contributed by atoms with Crippen LogP contribution < -0.4 is 16.4 Å². The van der Waals surface area contributed by atoms with Crippen molar-refractivity contribution in [2.45, 2.75) is 39.2 Å². The molecule has 0 rings (SSSR count). The van der Waals surface area contributed by atoms with Crippen LogP contribution in [0, 0.1) is 0 Å². The second-order valence-electron chi connectivity index (χ2n) is 4.79. The third-order valence-corrected chi connectivity index (χ3v) is 2.82. The van der Waals surface area contributed by atoms with E-state index in [1.807, 2.05) is 6.92 Å². The van der Waals surface area contributed by atoms with Crippen LogP contribution in [0.3, 0.4) is 0 Å². The van der Waals surface area contributed by atoms with Crippen molar-refractivity contribution in [2.75, 3.05) is 13.1 Å². The maximum absolute atomic E-state index is 11.7. The molecule has 0 bridgehead atoms. The zero-order chi connectivity index (χ0) is 17.0. The van der Waals surface area contributed by atoms with E-state index >= 15 is 0 Å². The summed E-state index contributed by atoms with van der Waals surface area (Å²) in [4.78, 5) is 45.4. The Morgan fingerprint density at radius 3 is 2.55 bits per heavy atom. The van der Waals surface area contributed by atoms with Crippen molar-refractivity contribution in [3.8, 4) is 0 Å². The lowest BCUT2D eigenvalue weighted by atomic mass is 10.2. The fourth-order valence-corrected chi connectivity index (χ4v) is 1.71. The average Bonchev–Trinajstić information content (AvgIpc) is 2.44. The zero-order valence-corrected chi connectivity index (χ0v) is 13.0. The van der Waals surface area contributed by atoms with Crippen LogP contribution >= 0.6 is 0 Å². The molecule has 22 heavy (non-hydrogen) atoms. The van der Waals surface area contributed by atoms with Gasteiger partial charge in [0.2, 0.25) is 12.3 Å². The van der Waals surface area contributed by atoms with E-state index in [9.17, 15) is 19.2 Å². The number of nitrogens with two attached hydrogens (primary N) is 1. The lowest BCUT2D eigenvalue weighted by molar-refractivity contribution is -0.134. The van der Waals surface area contributed by atoms with Gasteiger partial charge in [0.1, 0.15) is 0 Å². The Bertz CT molecular complexity index is 423. The number of primary amides is 1. The predicted octanol–water partition coefficient (Wildman–Crippen LogP) is -0.109. The van der Waals surface area contributed by atoms with E-state index in [4.69, 9.17) is 5.73 Å². The Morgan fingerprint density at radius 1 is 1.32 bits per heavy atom. The van der Waals surface area contributed by atoms with Crippen molar-refractivity contribution in [3.63, 3.8) is 0 Å². The van der Waals surface area contributed by atoms with Crippen LogP contribution in [0.25, 0.3) is 0 Å². The highest BCUT2D eigenvalue weighted by atomic mass is 16.2. The van der Waals surface area contributed by atoms with E-state index in [2.05, 4.69) is 10.6 Å². The molecule has 5 amide bonds. The standard InChI is InChI=1S/C14H24N4O4/c1-3-5-13(21)18(10-19)9-7-12(20)17-11(2)6-4-8-16-14(15)22/h3,5,10-11H,4,6-9H2,1-2H3,(H,17,20)(H3,15,16,22)/b5-3-. The number of amides is 5. The molecule has 0 saturated heterocycles. The smallest absolute Gasteiger partial charge is 0.312 e. The highest BCUT2D eigenvalue weighted by molar-refractivity contribution is 5.94. The van der Waals surface area contributed by atoms with Gasteiger partial charge in [-0.2, -0.15) is 0 Å². The largest absolute Gasteiger partial charge is 0.354 e. The minimum atomic E-state index is -0.573. The van der Waals surface area contributed by atoms with Gasteiger partial charge in [0, 0.05) is 25.6 Å². The Kier molecular flexibility index (Phi) is 10.1. The summed E-state index contributed by atoms with van der Waals surface area (Å²) in [5.74, 6) is -0.689. The molecule has 0 aliphatic rings. The number of hydrogen-bond acceptors (Lipinski definition) is 4. The maximum atomic E-state index is 11.7. The van der Waals surface area contributed by atoms with Gasteiger partial charge in [-0.15, -0.1) is 0 Å². The summed E-state index contributed by atoms with van der Waals surface area (Å²) in [5.41, 5.74) is 4.93. The van der Waals surface area contributed by atoms with Crippen LogP contribution in [0.5, 0.6) is 0 Å². The van der Waals surface area contributed by atoms with Crippen molar-refractivity contribution < 1.29 is 19.2 Å². The lowest BCUT2D eigenvalue weighted by Crippen LogP contribution is -2.37. The molecule has 1 atom stereocenters. The molecule has 0 aliphatic heterocycles. The van der Waals surface area contributed by atoms with E-state index in [1.165, 1.54) is 12.2 Å². The molecule has 8 heteroatoms. The Hall–Kier alpha value is -2.38. The van der Waals surface area contributed by atoms with Gasteiger partial charge in [0.05, 0.1) is 0 Å². The number of allylic oxidation sites excluding steroid dienone is 1. The van der Waals surface area contributed by atoms with Crippen molar-refractivity contribution in [1.82, 2.24) is 15.5 Å². The fourth-order valence-electron chi connectivity index (χ4n) is 1.71. The highest BCUT2D eigenvalue weighted by Crippen LogP contribution is 1.97. The third-order valence-electron chi connectivity index (χ3n) is 2.82. The number of nitrogens with zero attached hydrogens (tertiary/aromatic N) is 1. The average molecular weight is 312 g/mol. The maximum Gasteiger partial charge on any atom is 0.312 e. The second kappa shape index (κ2) is 11.3. The normalized spacial score (nSPS) is 11.7. The van der Waals surface area contributed by atoms with Crippen molar-refractivity contribution in [3.05, 3.63) is 12.2 Å². The molecule has 124 valence electrons. The second-order valence-corrected chi connectivity index (χ2v) is 4.79. The summed E-state index contributed by atoms with van der Waals surface area (Å²) >= 11 is 0. The molecule has 8 nitrogen and oxygen atoms in total. The van der Waals surface area contributed by atoms with Gasteiger partial charge in [-0.25, -0.2) is 4.79 Å². The SMILES string of the molecule is C/C=C\C(=O)N(C=O)CCC(=O)NC(C)CCCNC(N)=O. The summed E-state index contributed by atoms with van der Waals surface area (Å²) < 4.78 is 0. The number of carbonyl (C=O) groups excluding carboxylic acids is 4. The van der Waals surface area contributed by atoms with Gasteiger partial charge in [-0.05, 0) is 32.8 Å². The number of carbonyl (C=O) groups is 4. The van der Waals surface area contributed by atoms with Crippen LogP contribution in [0.4, 0.5) is 4.79 Å². The molecule has 0 spiro atoms. The molecule has 0 radical (unpaired) electrons. The molecule has 0 aromatic heterocycles. The quantitative estimate of drug-likeness (QED) is 0.296. The van der Waals surface area contributed by atoms with E-state index in [0.717, 1.165) is 4.90 Å². The molecular formula is C14H24N4O4. The zero-order valence-electron chi connectivity index (χ0n) is 13.0. The Balaban J connectivity index is 3.98. The minimum absolute atomic E-state index is 0.0362. The molecule has 0 saturated carbocycles. The Labute approximate surface area is 130 Å². The van der Waals surface area contributed by atoms with Gasteiger partial charge in [0.25, 0.3) is 5.91 Å². The molecule has 0 fully saturated rings. The number of imide groups is 1. The summed E-state index contributed by atoms with van der Waals surface area (Å²) in [6.45, 7) is 3.99. The topological polar surface area (TPSA) is 122 Å². The van der Waals surface area contributed by atoms with Gasteiger partial charge in [0.15, 0.2) is 0 Å². The fraction of sp³-hybridized carbons (Fsp3) is 0.571. The highest BCUT2D eigenvalue weighted by Gasteiger charge is 2.13. The van der Waals surface area contributed by atoms with Crippen molar-refractivity contribution in [1.29, 1.82) is 0 Å². The van der Waals surface area contributed by atoms with Crippen LogP contribution in [-0.2, 0) is 14.4 Å². The third kappa shape index (κ3) is 9.51. The van der Waals surface area contributed by atoms with Crippen LogP contribution in [-0.4, -0.2) is 48.3 Å². The first-order valence-electron chi connectivity index (χ1n) is 7.12. The number of hydrogen-bond donors (Lipinski definition) is 3. The summed E-state index contributed by atoms with van der Waals surface area (Å²) in [5, 5.41) is 5.23. The van der Waals surface area contributed by atoms with Gasteiger partial charge >= 0.3 is 6.03 Å². The van der Waals surface area contributed by atoms with Crippen molar-refractivity contribution >= 4 is 24.3 Å². The number of urea groups is 1. The summed E-state index contributed by atoms with van der Waals surface area (Å²) in [6.07, 6.45) is 4.62. The molecule has 0 heterocycles. The van der Waals surface area contributed by atoms with Crippen LogP contribution in [0.15, 0.2) is 12.2 Å². The summed E-state index contributed by atoms with van der Waals surface area (Å²) in [6, 6.07) is -0.644. The molecule has 0 aromatic carbocycles. The van der Waals surface area contributed by atoms with Gasteiger partial charge < -0.3 is 16.4 Å². The van der Waals surface area contributed by atoms with E-state index in [0.29, 0.717) is 25.8 Å². The first-order valence-corrected chi connectivity index (χ1v) is 7.12. The van der Waals surface area contributed by atoms with E-state index in [-0.39, 0.29) is 24.9 Å². The molecule has 1 unspecified atom stereocenters. The first kappa shape index (κ1) is 19.6. The van der Waals surface area contributed by atoms with Gasteiger partial charge in [-0.3, -0.25) is 19.3 Å². The molecule has 4 N–H and O–H groups in total. The number of rotatable bonds is 10. The minimum Gasteiger partial charge on any atom is -0.354 e. The van der Waals surface area contributed by atoms with Crippen LogP contribution in [0.1, 0.15) is 33.1 Å². The van der Waals surface area contributed by atoms with Crippen LogP contribution in [0.2, 0.25) is 0 Å². The van der Waals surface area contributed by atoms with E-state index in [1.54, 1.807) is 6.92 Å². The monoisotopic (exact) mass is 312 g/mol. The summed E-state index contributed by atoms with van der Waals surface area (Å²) in [7, 11) is 0. The molecule has 0 aromatic rings. The molecule has 0 aliphatic carbocycles. The lowest BCUT2D eigenvalue weighted by Gasteiger charge is -2.16. The van der Waals surface area contributed by atoms with Gasteiger partial charge in [-0.1, -0.05) is 6.08 Å². The first-order chi connectivity index (χ1) is 10.4. The molecular weight excluding hydrogens is 288 g/mol. The number of nitrogens with one attached hydrogen (secondary N) is 2.